The smallest absolute Gasteiger partial charge is 0.253 e. The molecule has 0 aliphatic rings. The van der Waals surface area contributed by atoms with Gasteiger partial charge in [0.15, 0.2) is 0 Å². The number of para-hydroxylation sites is 1. The van der Waals surface area contributed by atoms with Crippen LogP contribution in [0.3, 0.4) is 0 Å². The maximum Gasteiger partial charge on any atom is 0.253 e. The second-order valence-electron chi connectivity index (χ2n) is 7.36. The molecule has 1 heterocycles. The van der Waals surface area contributed by atoms with Crippen molar-refractivity contribution in [1.29, 1.82) is 0 Å². The Morgan fingerprint density at radius 3 is 2.38 bits per heavy atom. The third kappa shape index (κ3) is 3.88. The molecule has 0 unspecified atom stereocenters. The van der Waals surface area contributed by atoms with E-state index in [1.54, 1.807) is 0 Å². The number of rotatable bonds is 5. The van der Waals surface area contributed by atoms with Crippen molar-refractivity contribution < 1.29 is 9.90 Å². The topological polar surface area (TPSA) is 54.3 Å². The minimum Gasteiger partial charge on any atom is -0.396 e. The lowest BCUT2D eigenvalue weighted by atomic mass is 9.84. The zero-order valence-electron chi connectivity index (χ0n) is 15.3. The fourth-order valence-corrected chi connectivity index (χ4v) is 3.05. The summed E-state index contributed by atoms with van der Waals surface area (Å²) < 4.78 is 2.09. The fourth-order valence-electron chi connectivity index (χ4n) is 3.05. The Morgan fingerprint density at radius 2 is 1.83 bits per heavy atom. The van der Waals surface area contributed by atoms with Crippen molar-refractivity contribution in [1.82, 2.24) is 9.88 Å². The number of aryl methyl sites for hydroxylation is 1. The third-order valence-electron chi connectivity index (χ3n) is 4.46. The summed E-state index contributed by atoms with van der Waals surface area (Å²) in [4.78, 5) is 12.8. The van der Waals surface area contributed by atoms with Gasteiger partial charge in [0.1, 0.15) is 0 Å². The number of aliphatic hydroxyl groups is 1. The molecule has 2 rings (SSSR count). The highest BCUT2D eigenvalue weighted by Crippen LogP contribution is 2.24. The van der Waals surface area contributed by atoms with Gasteiger partial charge in [0.05, 0.1) is 5.56 Å². The lowest BCUT2D eigenvalue weighted by Crippen LogP contribution is -2.44. The highest BCUT2D eigenvalue weighted by atomic mass is 16.3. The van der Waals surface area contributed by atoms with Gasteiger partial charge in [-0.05, 0) is 43.9 Å². The Hall–Kier alpha value is -2.07. The van der Waals surface area contributed by atoms with Gasteiger partial charge in [-0.25, -0.2) is 0 Å². The van der Waals surface area contributed by atoms with Gasteiger partial charge in [-0.15, -0.1) is 0 Å². The number of nitrogens with one attached hydrogen (secondary N) is 1. The quantitative estimate of drug-likeness (QED) is 0.881. The van der Waals surface area contributed by atoms with Crippen LogP contribution in [0.25, 0.3) is 5.69 Å². The van der Waals surface area contributed by atoms with Crippen LogP contribution in [-0.2, 0) is 0 Å². The average Bonchev–Trinajstić information content (AvgIpc) is 2.81. The van der Waals surface area contributed by atoms with Crippen molar-refractivity contribution in [2.24, 2.45) is 5.41 Å². The molecule has 0 fully saturated rings. The largest absolute Gasteiger partial charge is 0.396 e. The number of hydrogen-bond acceptors (Lipinski definition) is 2. The lowest BCUT2D eigenvalue weighted by molar-refractivity contribution is 0.0884. The van der Waals surface area contributed by atoms with Gasteiger partial charge in [0.25, 0.3) is 5.91 Å². The minimum absolute atomic E-state index is 0.0608. The summed E-state index contributed by atoms with van der Waals surface area (Å²) >= 11 is 0. The van der Waals surface area contributed by atoms with Gasteiger partial charge >= 0.3 is 0 Å². The van der Waals surface area contributed by atoms with Crippen LogP contribution in [0, 0.1) is 19.3 Å². The maximum atomic E-state index is 12.8. The first-order valence-corrected chi connectivity index (χ1v) is 8.41. The molecule has 130 valence electrons. The van der Waals surface area contributed by atoms with Crippen LogP contribution in [0.4, 0.5) is 0 Å². The molecule has 0 aliphatic heterocycles. The highest BCUT2D eigenvalue weighted by Gasteiger charge is 2.27. The van der Waals surface area contributed by atoms with E-state index in [0.29, 0.717) is 12.0 Å². The van der Waals surface area contributed by atoms with Gasteiger partial charge in [-0.1, -0.05) is 39.0 Å². The van der Waals surface area contributed by atoms with Crippen molar-refractivity contribution in [3.8, 4) is 5.69 Å². The van der Waals surface area contributed by atoms with E-state index < -0.39 is 0 Å². The number of aromatic nitrogens is 1. The molecule has 0 aliphatic carbocycles. The average molecular weight is 328 g/mol. The van der Waals surface area contributed by atoms with Crippen LogP contribution >= 0.6 is 0 Å². The Morgan fingerprint density at radius 1 is 1.21 bits per heavy atom. The van der Waals surface area contributed by atoms with Crippen molar-refractivity contribution in [2.45, 2.75) is 47.1 Å². The Labute approximate surface area is 144 Å². The summed E-state index contributed by atoms with van der Waals surface area (Å²) in [6.45, 7) is 10.2. The van der Waals surface area contributed by atoms with Crippen LogP contribution < -0.4 is 5.32 Å². The molecule has 0 bridgehead atoms. The summed E-state index contributed by atoms with van der Waals surface area (Å²) in [5, 5.41) is 12.4. The first-order chi connectivity index (χ1) is 11.3. The molecule has 1 aromatic carbocycles. The molecule has 24 heavy (non-hydrogen) atoms. The number of nitrogens with zero attached hydrogens (tertiary/aromatic N) is 1. The summed E-state index contributed by atoms with van der Waals surface area (Å²) in [7, 11) is 0. The second-order valence-corrected chi connectivity index (χ2v) is 7.36. The fraction of sp³-hybridized carbons (Fsp3) is 0.450. The van der Waals surface area contributed by atoms with Crippen molar-refractivity contribution in [3.05, 3.63) is 53.3 Å². The number of carbonyl (C=O) groups excluding carboxylic acids is 1. The van der Waals surface area contributed by atoms with Crippen LogP contribution in [-0.4, -0.2) is 28.2 Å². The Balaban J connectivity index is 2.31. The van der Waals surface area contributed by atoms with Gasteiger partial charge in [-0.2, -0.15) is 0 Å². The van der Waals surface area contributed by atoms with E-state index in [0.717, 1.165) is 17.1 Å². The van der Waals surface area contributed by atoms with Gasteiger partial charge in [-0.3, -0.25) is 4.79 Å². The summed E-state index contributed by atoms with van der Waals surface area (Å²) in [6.07, 6.45) is 0.548. The molecule has 0 radical (unpaired) electrons. The van der Waals surface area contributed by atoms with Gasteiger partial charge in [0, 0.05) is 29.7 Å². The van der Waals surface area contributed by atoms with Crippen molar-refractivity contribution in [2.75, 3.05) is 6.61 Å². The van der Waals surface area contributed by atoms with Gasteiger partial charge in [0.2, 0.25) is 0 Å². The number of aliphatic hydroxyl groups excluding tert-OH is 1. The number of amides is 1. The monoisotopic (exact) mass is 328 g/mol. The summed E-state index contributed by atoms with van der Waals surface area (Å²) in [5.41, 5.74) is 3.58. The molecule has 0 saturated heterocycles. The van der Waals surface area contributed by atoms with E-state index in [2.05, 4.69) is 30.7 Å². The molecular weight excluding hydrogens is 300 g/mol. The molecule has 1 atom stereocenters. The van der Waals surface area contributed by atoms with Gasteiger partial charge < -0.3 is 15.0 Å². The number of hydrogen-bond donors (Lipinski definition) is 2. The molecule has 2 N–H and O–H groups in total. The van der Waals surface area contributed by atoms with Crippen LogP contribution in [0.15, 0.2) is 36.4 Å². The molecule has 2 aromatic rings. The predicted molar refractivity (Wildman–Crippen MR) is 97.7 cm³/mol. The van der Waals surface area contributed by atoms with Crippen LogP contribution in [0.1, 0.15) is 48.9 Å². The maximum absolute atomic E-state index is 12.8. The van der Waals surface area contributed by atoms with Crippen LogP contribution in [0.2, 0.25) is 0 Å². The standard InChI is InChI=1S/C20H28N2O2/c1-14-13-17(15(2)22(14)16-9-7-6-8-10-16)19(24)21-18(11-12-23)20(3,4)5/h6-10,13,18,23H,11-12H2,1-5H3,(H,21,24)/t18-/m0/s1. The molecule has 4 heteroatoms. The number of carbonyl (C=O) groups is 1. The molecule has 4 nitrogen and oxygen atoms in total. The first-order valence-electron chi connectivity index (χ1n) is 8.41. The normalized spacial score (nSPS) is 12.9. The predicted octanol–water partition coefficient (Wildman–Crippen LogP) is 3.62. The molecule has 0 saturated carbocycles. The number of benzene rings is 1. The Bertz CT molecular complexity index is 696. The summed E-state index contributed by atoms with van der Waals surface area (Å²) in [5.74, 6) is -0.0846. The van der Waals surface area contributed by atoms with E-state index >= 15 is 0 Å². The minimum atomic E-state index is -0.108. The molecule has 1 amide bonds. The second kappa shape index (κ2) is 7.22. The Kier molecular flexibility index (Phi) is 5.50. The zero-order valence-corrected chi connectivity index (χ0v) is 15.3. The van der Waals surface area contributed by atoms with E-state index in [9.17, 15) is 9.90 Å². The van der Waals surface area contributed by atoms with Crippen molar-refractivity contribution in [3.63, 3.8) is 0 Å². The lowest BCUT2D eigenvalue weighted by Gasteiger charge is -2.31. The first kappa shape index (κ1) is 18.3. The molecule has 0 spiro atoms. The van der Waals surface area contributed by atoms with Crippen LogP contribution in [0.5, 0.6) is 0 Å². The molecular formula is C20H28N2O2. The van der Waals surface area contributed by atoms with E-state index in [1.165, 1.54) is 0 Å². The summed E-state index contributed by atoms with van der Waals surface area (Å²) in [6, 6.07) is 11.9. The SMILES string of the molecule is Cc1cc(C(=O)N[C@@H](CCO)C(C)(C)C)c(C)n1-c1ccccc1. The van der Waals surface area contributed by atoms with Crippen molar-refractivity contribution >= 4 is 5.91 Å². The van der Waals surface area contributed by atoms with E-state index in [-0.39, 0.29) is 24.0 Å². The van der Waals surface area contributed by atoms with E-state index in [4.69, 9.17) is 0 Å². The molecule has 1 aromatic heterocycles. The zero-order chi connectivity index (χ0) is 17.9. The highest BCUT2D eigenvalue weighted by molar-refractivity contribution is 5.96. The van der Waals surface area contributed by atoms with E-state index in [1.807, 2.05) is 50.2 Å². The third-order valence-corrected chi connectivity index (χ3v) is 4.46.